The summed E-state index contributed by atoms with van der Waals surface area (Å²) in [7, 11) is -9.92. The summed E-state index contributed by atoms with van der Waals surface area (Å²) in [5.41, 5.74) is 0. The molecule has 0 spiro atoms. The van der Waals surface area contributed by atoms with E-state index in [-0.39, 0.29) is 25.7 Å². The molecule has 0 saturated carbocycles. The lowest BCUT2D eigenvalue weighted by Crippen LogP contribution is -2.30. The van der Waals surface area contributed by atoms with Crippen LogP contribution in [0.3, 0.4) is 0 Å². The number of ether oxygens (including phenoxy) is 4. The normalized spacial score (nSPS) is 14.5. The first-order chi connectivity index (χ1) is 48.3. The van der Waals surface area contributed by atoms with E-state index in [1.165, 1.54) is 231 Å². The molecule has 0 aromatic heterocycles. The topological polar surface area (TPSA) is 237 Å². The molecule has 17 nitrogen and oxygen atoms in total. The van der Waals surface area contributed by atoms with Crippen LogP contribution < -0.4 is 0 Å². The van der Waals surface area contributed by atoms with Gasteiger partial charge in [-0.2, -0.15) is 0 Å². The molecule has 0 heterocycles. The fraction of sp³-hybridized carbons (Fsp3) is 0.951. The average molecular weight is 1470 g/mol. The maximum absolute atomic E-state index is 13.1. The van der Waals surface area contributed by atoms with Gasteiger partial charge in [0.2, 0.25) is 0 Å². The van der Waals surface area contributed by atoms with E-state index in [1.807, 2.05) is 0 Å². The number of unbranched alkanes of at least 4 members (excludes halogenated alkanes) is 45. The van der Waals surface area contributed by atoms with Crippen molar-refractivity contribution in [3.8, 4) is 0 Å². The van der Waals surface area contributed by atoms with Crippen LogP contribution in [0.15, 0.2) is 0 Å². The molecule has 0 aromatic rings. The van der Waals surface area contributed by atoms with E-state index in [0.717, 1.165) is 108 Å². The first-order valence-electron chi connectivity index (χ1n) is 41.9. The van der Waals surface area contributed by atoms with E-state index in [2.05, 4.69) is 48.5 Å². The summed E-state index contributed by atoms with van der Waals surface area (Å²) in [5, 5.41) is 10.6. The SMILES string of the molecule is CCCCCCCCCCCCCCCCCCCCC(=O)O[C@H](COC(=O)CCCCCCCCCCCCCCCC(C)C)COP(=O)(O)OC[C@@H](O)COP(=O)(O)OC[C@@H](COC(=O)CCCCCCCCCCC(C)CC)OC(=O)CCCCCCCCCCCCC(C)CC. The molecule has 4 unspecified atom stereocenters. The lowest BCUT2D eigenvalue weighted by atomic mass is 9.99. The number of aliphatic hydroxyl groups excluding tert-OH is 1. The first kappa shape index (κ1) is 98.1. The third-order valence-electron chi connectivity index (χ3n) is 19.6. The van der Waals surface area contributed by atoms with Crippen LogP contribution in [0.2, 0.25) is 0 Å². The molecule has 0 aliphatic heterocycles. The molecule has 100 heavy (non-hydrogen) atoms. The van der Waals surface area contributed by atoms with Crippen molar-refractivity contribution in [1.82, 2.24) is 0 Å². The fourth-order valence-electron chi connectivity index (χ4n) is 12.4. The summed E-state index contributed by atoms with van der Waals surface area (Å²) >= 11 is 0. The molecule has 0 radical (unpaired) electrons. The molecule has 0 amide bonds. The van der Waals surface area contributed by atoms with E-state index in [4.69, 9.17) is 37.0 Å². The minimum Gasteiger partial charge on any atom is -0.462 e. The molecule has 0 aliphatic rings. The Morgan fingerprint density at radius 3 is 0.760 bits per heavy atom. The number of aliphatic hydroxyl groups is 1. The van der Waals surface area contributed by atoms with Crippen molar-refractivity contribution < 1.29 is 80.2 Å². The Hall–Kier alpha value is -1.94. The second-order valence-corrected chi connectivity index (χ2v) is 33.0. The molecule has 7 atom stereocenters. The Kier molecular flexibility index (Phi) is 69.9. The van der Waals surface area contributed by atoms with Crippen molar-refractivity contribution in [2.75, 3.05) is 39.6 Å². The Balaban J connectivity index is 5.27. The number of esters is 4. The predicted molar refractivity (Wildman–Crippen MR) is 409 cm³/mol. The molecule has 0 saturated heterocycles. The number of rotatable bonds is 79. The van der Waals surface area contributed by atoms with Crippen LogP contribution in [-0.2, 0) is 65.4 Å². The molecule has 594 valence electrons. The lowest BCUT2D eigenvalue weighted by molar-refractivity contribution is -0.161. The highest BCUT2D eigenvalue weighted by Gasteiger charge is 2.30. The van der Waals surface area contributed by atoms with Crippen LogP contribution >= 0.6 is 15.6 Å². The smallest absolute Gasteiger partial charge is 0.462 e. The van der Waals surface area contributed by atoms with Gasteiger partial charge in [-0.05, 0) is 43.4 Å². The summed E-state index contributed by atoms with van der Waals surface area (Å²) in [6, 6.07) is 0. The van der Waals surface area contributed by atoms with Gasteiger partial charge in [0.25, 0.3) is 0 Å². The third kappa shape index (κ3) is 71.7. The summed E-state index contributed by atoms with van der Waals surface area (Å²) in [6.45, 7) is 12.0. The quantitative estimate of drug-likeness (QED) is 0.0222. The Morgan fingerprint density at radius 1 is 0.290 bits per heavy atom. The number of carbonyl (C=O) groups is 4. The number of phosphoric ester groups is 2. The number of hydrogen-bond acceptors (Lipinski definition) is 15. The van der Waals surface area contributed by atoms with Crippen molar-refractivity contribution in [2.45, 2.75) is 439 Å². The molecule has 0 bridgehead atoms. The molecule has 0 aromatic carbocycles. The molecule has 0 rings (SSSR count). The van der Waals surface area contributed by atoms with Crippen LogP contribution in [0.4, 0.5) is 0 Å². The van der Waals surface area contributed by atoms with Crippen LogP contribution in [0, 0.1) is 17.8 Å². The molecule has 0 aliphatic carbocycles. The van der Waals surface area contributed by atoms with Gasteiger partial charge in [-0.3, -0.25) is 37.3 Å². The predicted octanol–water partition coefficient (Wildman–Crippen LogP) is 24.1. The van der Waals surface area contributed by atoms with Crippen molar-refractivity contribution >= 4 is 39.5 Å². The highest BCUT2D eigenvalue weighted by molar-refractivity contribution is 7.47. The second-order valence-electron chi connectivity index (χ2n) is 30.1. The molecule has 3 N–H and O–H groups in total. The molecule has 19 heteroatoms. The van der Waals surface area contributed by atoms with Gasteiger partial charge in [-0.25, -0.2) is 9.13 Å². The van der Waals surface area contributed by atoms with Gasteiger partial charge in [0.05, 0.1) is 26.4 Å². The van der Waals surface area contributed by atoms with Crippen LogP contribution in [-0.4, -0.2) is 96.7 Å². The van der Waals surface area contributed by atoms with Gasteiger partial charge in [-0.15, -0.1) is 0 Å². The first-order valence-corrected chi connectivity index (χ1v) is 44.9. The maximum Gasteiger partial charge on any atom is 0.472 e. The second kappa shape index (κ2) is 71.3. The third-order valence-corrected chi connectivity index (χ3v) is 21.5. The van der Waals surface area contributed by atoms with Crippen molar-refractivity contribution in [1.29, 1.82) is 0 Å². The number of carbonyl (C=O) groups excluding carboxylic acids is 4. The fourth-order valence-corrected chi connectivity index (χ4v) is 14.0. The highest BCUT2D eigenvalue weighted by Crippen LogP contribution is 2.45. The van der Waals surface area contributed by atoms with E-state index in [1.54, 1.807) is 0 Å². The van der Waals surface area contributed by atoms with Gasteiger partial charge in [0.15, 0.2) is 12.2 Å². The van der Waals surface area contributed by atoms with Crippen LogP contribution in [0.1, 0.15) is 421 Å². The van der Waals surface area contributed by atoms with E-state index in [9.17, 15) is 43.2 Å². The Morgan fingerprint density at radius 2 is 0.510 bits per heavy atom. The zero-order valence-electron chi connectivity index (χ0n) is 65.7. The average Bonchev–Trinajstić information content (AvgIpc) is 0.961. The minimum absolute atomic E-state index is 0.106. The van der Waals surface area contributed by atoms with Crippen molar-refractivity contribution in [3.63, 3.8) is 0 Å². The molecular formula is C81H158O17P2. The summed E-state index contributed by atoms with van der Waals surface area (Å²) in [4.78, 5) is 73.1. The number of hydrogen-bond donors (Lipinski definition) is 3. The van der Waals surface area contributed by atoms with Crippen LogP contribution in [0.5, 0.6) is 0 Å². The van der Waals surface area contributed by atoms with Crippen molar-refractivity contribution in [2.24, 2.45) is 17.8 Å². The largest absolute Gasteiger partial charge is 0.472 e. The lowest BCUT2D eigenvalue weighted by Gasteiger charge is -2.21. The van der Waals surface area contributed by atoms with Gasteiger partial charge in [-0.1, -0.05) is 370 Å². The number of phosphoric acid groups is 2. The van der Waals surface area contributed by atoms with E-state index < -0.39 is 97.5 Å². The zero-order valence-corrected chi connectivity index (χ0v) is 67.5. The van der Waals surface area contributed by atoms with E-state index >= 15 is 0 Å². The van der Waals surface area contributed by atoms with Crippen LogP contribution in [0.25, 0.3) is 0 Å². The monoisotopic (exact) mass is 1470 g/mol. The summed E-state index contributed by atoms with van der Waals surface area (Å²) < 4.78 is 68.8. The van der Waals surface area contributed by atoms with Gasteiger partial charge in [0, 0.05) is 25.7 Å². The Labute approximate surface area is 613 Å². The van der Waals surface area contributed by atoms with Gasteiger partial charge >= 0.3 is 39.5 Å². The van der Waals surface area contributed by atoms with Crippen molar-refractivity contribution in [3.05, 3.63) is 0 Å². The molecular weight excluding hydrogens is 1310 g/mol. The zero-order chi connectivity index (χ0) is 73.7. The highest BCUT2D eigenvalue weighted by atomic mass is 31.2. The van der Waals surface area contributed by atoms with E-state index in [0.29, 0.717) is 25.7 Å². The summed E-state index contributed by atoms with van der Waals surface area (Å²) in [6.07, 6.45) is 59.5. The maximum atomic E-state index is 13.1. The summed E-state index contributed by atoms with van der Waals surface area (Å²) in [5.74, 6) is 0.261. The standard InChI is InChI=1S/C81H158O17P2/c1-8-11-12-13-14-15-16-17-18-19-20-21-24-28-34-43-50-57-64-80(85)97-76(68-91-78(83)62-55-48-41-33-27-25-22-23-26-31-38-45-52-59-72(4)5)70-95-99(87,88)93-66-75(82)67-94-100(89,90)96-71-77(69-92-79(84)63-56-49-42-37-36-40-47-54-61-74(7)10-3)98-81(86)65-58-51-44-35-30-29-32-39-46-53-60-73(6)9-2/h72-77,82H,8-71H2,1-7H3,(H,87,88)(H,89,90)/t73?,74?,75-,76-,77-/m1/s1. The minimum atomic E-state index is -4.96. The van der Waals surface area contributed by atoms with Gasteiger partial charge < -0.3 is 33.8 Å². The van der Waals surface area contributed by atoms with Gasteiger partial charge in [0.1, 0.15) is 19.3 Å². The molecule has 0 fully saturated rings. The Bertz CT molecular complexity index is 1940.